The zero-order chi connectivity index (χ0) is 47.0. The smallest absolute Gasteiger partial charge is 0.462 e. The Hall–Kier alpha value is -2.30. The molecule has 11 nitrogen and oxygen atoms in total. The first-order valence-corrected chi connectivity index (χ1v) is 27.4. The first-order chi connectivity index (χ1) is 31.2. The number of carbonyl (C=O) groups excluding carboxylic acids is 3. The van der Waals surface area contributed by atoms with Crippen molar-refractivity contribution in [3.05, 3.63) is 36.5 Å². The fraction of sp³-hybridized carbons (Fsp3) is 0.827. The Morgan fingerprint density at radius 2 is 0.812 bits per heavy atom. The van der Waals surface area contributed by atoms with Crippen LogP contribution in [0.2, 0.25) is 0 Å². The van der Waals surface area contributed by atoms with Crippen molar-refractivity contribution >= 4 is 25.7 Å². The highest BCUT2D eigenvalue weighted by atomic mass is 31.2. The topological polar surface area (TPSA) is 155 Å². The molecule has 374 valence electrons. The third-order valence-corrected chi connectivity index (χ3v) is 12.0. The fourth-order valence-corrected chi connectivity index (χ4v) is 7.92. The molecule has 0 rings (SSSR count). The second kappa shape index (κ2) is 47.2. The van der Waals surface area contributed by atoms with Crippen LogP contribution in [0, 0.1) is 0 Å². The maximum absolute atomic E-state index is 12.8. The standard InChI is InChI=1S/C52H95O11P/c1-4-7-10-13-16-19-21-23-24-26-28-31-34-37-40-43-52(56)63-49(45-59-50(54)41-38-35-32-29-18-15-12-9-6-3)47-61-64(57,58)60-46-48(44-53)62-51(55)42-39-36-33-30-27-25-22-20-17-14-11-8-5-2/h7,10,16,19,23-24,48-49,53H,4-6,8-9,11-15,17-18,20-22,25-47H2,1-3H3,(H,57,58)/b10-7-,19-16-,24-23-. The predicted molar refractivity (Wildman–Crippen MR) is 261 cm³/mol. The largest absolute Gasteiger partial charge is 0.472 e. The molecule has 64 heavy (non-hydrogen) atoms. The number of hydrogen-bond acceptors (Lipinski definition) is 10. The summed E-state index contributed by atoms with van der Waals surface area (Å²) in [5.74, 6) is -1.47. The number of phosphoric ester groups is 1. The van der Waals surface area contributed by atoms with Crippen molar-refractivity contribution in [1.29, 1.82) is 0 Å². The number of phosphoric acid groups is 1. The van der Waals surface area contributed by atoms with Gasteiger partial charge in [-0.15, -0.1) is 0 Å². The molecular formula is C52H95O11P. The van der Waals surface area contributed by atoms with Crippen molar-refractivity contribution in [1.82, 2.24) is 0 Å². The molecule has 2 N–H and O–H groups in total. The Morgan fingerprint density at radius 3 is 1.25 bits per heavy atom. The average molecular weight is 927 g/mol. The Morgan fingerprint density at radius 1 is 0.453 bits per heavy atom. The number of aliphatic hydroxyl groups is 1. The third kappa shape index (κ3) is 44.9. The molecule has 0 aromatic heterocycles. The van der Waals surface area contributed by atoms with E-state index in [9.17, 15) is 28.9 Å². The second-order valence-electron chi connectivity index (χ2n) is 17.3. The van der Waals surface area contributed by atoms with Crippen LogP contribution < -0.4 is 0 Å². The van der Waals surface area contributed by atoms with Crippen molar-refractivity contribution in [2.45, 2.75) is 251 Å². The van der Waals surface area contributed by atoms with Crippen LogP contribution >= 0.6 is 7.82 Å². The number of rotatable bonds is 48. The molecule has 0 saturated carbocycles. The zero-order valence-electron chi connectivity index (χ0n) is 41.0. The molecule has 12 heteroatoms. The van der Waals surface area contributed by atoms with Gasteiger partial charge in [0.2, 0.25) is 0 Å². The quantitative estimate of drug-likeness (QED) is 0.0197. The lowest BCUT2D eigenvalue weighted by molar-refractivity contribution is -0.161. The van der Waals surface area contributed by atoms with Crippen molar-refractivity contribution in [2.75, 3.05) is 26.4 Å². The molecule has 0 amide bonds. The van der Waals surface area contributed by atoms with E-state index in [0.717, 1.165) is 89.9 Å². The predicted octanol–water partition coefficient (Wildman–Crippen LogP) is 14.5. The Labute approximate surface area is 390 Å². The Balaban J connectivity index is 4.70. The molecule has 0 spiro atoms. The summed E-state index contributed by atoms with van der Waals surface area (Å²) < 4.78 is 39.3. The number of hydrogen-bond donors (Lipinski definition) is 2. The van der Waals surface area contributed by atoms with Crippen LogP contribution in [0.4, 0.5) is 0 Å². The number of ether oxygens (including phenoxy) is 3. The molecular weight excluding hydrogens is 832 g/mol. The van der Waals surface area contributed by atoms with Crippen LogP contribution in [0.5, 0.6) is 0 Å². The SMILES string of the molecule is CC/C=C\C/C=C\C/C=C\CCCCCCCC(=O)OC(COC(=O)CCCCCCCCCCC)COP(=O)(O)OCC(CO)OC(=O)CCCCCCCCCCCCCCC. The van der Waals surface area contributed by atoms with Crippen molar-refractivity contribution < 1.29 is 52.2 Å². The van der Waals surface area contributed by atoms with Gasteiger partial charge < -0.3 is 24.2 Å². The van der Waals surface area contributed by atoms with Crippen LogP contribution in [-0.2, 0) is 42.2 Å². The van der Waals surface area contributed by atoms with Gasteiger partial charge in [-0.1, -0.05) is 205 Å². The van der Waals surface area contributed by atoms with Crippen LogP contribution in [0.15, 0.2) is 36.5 Å². The summed E-state index contributed by atoms with van der Waals surface area (Å²) >= 11 is 0. The summed E-state index contributed by atoms with van der Waals surface area (Å²) in [6.07, 6.45) is 45.5. The molecule has 3 atom stereocenters. The maximum Gasteiger partial charge on any atom is 0.472 e. The number of esters is 3. The van der Waals surface area contributed by atoms with E-state index in [1.54, 1.807) is 0 Å². The fourth-order valence-electron chi connectivity index (χ4n) is 7.14. The van der Waals surface area contributed by atoms with Crippen molar-refractivity contribution in [2.24, 2.45) is 0 Å². The minimum absolute atomic E-state index is 0.152. The van der Waals surface area contributed by atoms with Crippen LogP contribution in [-0.4, -0.2) is 66.5 Å². The lowest BCUT2D eigenvalue weighted by Gasteiger charge is -2.21. The molecule has 0 heterocycles. The monoisotopic (exact) mass is 927 g/mol. The minimum atomic E-state index is -4.73. The van der Waals surface area contributed by atoms with E-state index in [4.69, 9.17) is 23.3 Å². The number of carbonyl (C=O) groups is 3. The summed E-state index contributed by atoms with van der Waals surface area (Å²) in [6, 6.07) is 0. The number of aliphatic hydroxyl groups excluding tert-OH is 1. The van der Waals surface area contributed by atoms with Gasteiger partial charge in [0.25, 0.3) is 0 Å². The van der Waals surface area contributed by atoms with E-state index in [0.29, 0.717) is 19.3 Å². The van der Waals surface area contributed by atoms with E-state index in [2.05, 4.69) is 57.2 Å². The van der Waals surface area contributed by atoms with E-state index in [1.807, 2.05) is 0 Å². The maximum atomic E-state index is 12.8. The average Bonchev–Trinajstić information content (AvgIpc) is 3.28. The van der Waals surface area contributed by atoms with Gasteiger partial charge in [0.05, 0.1) is 19.8 Å². The van der Waals surface area contributed by atoms with E-state index >= 15 is 0 Å². The van der Waals surface area contributed by atoms with Crippen molar-refractivity contribution in [3.63, 3.8) is 0 Å². The molecule has 0 radical (unpaired) electrons. The van der Waals surface area contributed by atoms with E-state index in [-0.39, 0.29) is 25.9 Å². The Bertz CT molecular complexity index is 1220. The second-order valence-corrected chi connectivity index (χ2v) is 18.8. The van der Waals surface area contributed by atoms with Gasteiger partial charge in [0.15, 0.2) is 6.10 Å². The van der Waals surface area contributed by atoms with E-state index in [1.165, 1.54) is 89.9 Å². The highest BCUT2D eigenvalue weighted by Crippen LogP contribution is 2.43. The molecule has 0 aliphatic rings. The molecule has 0 saturated heterocycles. The molecule has 0 bridgehead atoms. The molecule has 0 fully saturated rings. The number of allylic oxidation sites excluding steroid dienone is 6. The molecule has 0 aromatic rings. The first kappa shape index (κ1) is 61.7. The highest BCUT2D eigenvalue weighted by molar-refractivity contribution is 7.47. The third-order valence-electron chi connectivity index (χ3n) is 11.1. The highest BCUT2D eigenvalue weighted by Gasteiger charge is 2.28. The van der Waals surface area contributed by atoms with Gasteiger partial charge >= 0.3 is 25.7 Å². The Kier molecular flexibility index (Phi) is 45.5. The van der Waals surface area contributed by atoms with Crippen LogP contribution in [0.25, 0.3) is 0 Å². The molecule has 3 unspecified atom stereocenters. The van der Waals surface area contributed by atoms with Crippen LogP contribution in [0.3, 0.4) is 0 Å². The lowest BCUT2D eigenvalue weighted by Crippen LogP contribution is -2.30. The summed E-state index contributed by atoms with van der Waals surface area (Å²) in [5, 5.41) is 9.76. The van der Waals surface area contributed by atoms with Gasteiger partial charge in [0, 0.05) is 19.3 Å². The van der Waals surface area contributed by atoms with Crippen LogP contribution in [0.1, 0.15) is 239 Å². The summed E-state index contributed by atoms with van der Waals surface area (Å²) in [4.78, 5) is 48.2. The van der Waals surface area contributed by atoms with Gasteiger partial charge in [-0.05, 0) is 51.4 Å². The van der Waals surface area contributed by atoms with Crippen molar-refractivity contribution in [3.8, 4) is 0 Å². The summed E-state index contributed by atoms with van der Waals surface area (Å²) in [7, 11) is -4.73. The van der Waals surface area contributed by atoms with Gasteiger partial charge in [0.1, 0.15) is 12.7 Å². The minimum Gasteiger partial charge on any atom is -0.462 e. The zero-order valence-corrected chi connectivity index (χ0v) is 41.9. The van der Waals surface area contributed by atoms with Gasteiger partial charge in [-0.3, -0.25) is 23.4 Å². The van der Waals surface area contributed by atoms with Gasteiger partial charge in [-0.2, -0.15) is 0 Å². The molecule has 0 aliphatic carbocycles. The lowest BCUT2D eigenvalue weighted by atomic mass is 10.0. The molecule has 0 aliphatic heterocycles. The summed E-state index contributed by atoms with van der Waals surface area (Å²) in [6.45, 7) is 4.49. The normalized spacial score (nSPS) is 13.8. The van der Waals surface area contributed by atoms with E-state index < -0.39 is 57.8 Å². The van der Waals surface area contributed by atoms with Gasteiger partial charge in [-0.25, -0.2) is 4.57 Å². The molecule has 0 aromatic carbocycles. The number of unbranched alkanes of at least 4 members (excludes halogenated alkanes) is 25. The summed E-state index contributed by atoms with van der Waals surface area (Å²) in [5.41, 5.74) is 0. The first-order valence-electron chi connectivity index (χ1n) is 25.9.